The van der Waals surface area contributed by atoms with E-state index in [1.165, 1.54) is 16.6 Å². The molecule has 3 aromatic rings. The number of halogens is 2. The molecule has 1 N–H and O–H groups in total. The molecule has 0 radical (unpaired) electrons. The van der Waals surface area contributed by atoms with Gasteiger partial charge in [-0.3, -0.25) is 4.68 Å². The summed E-state index contributed by atoms with van der Waals surface area (Å²) in [5.74, 6) is 0. The second kappa shape index (κ2) is 7.18. The van der Waals surface area contributed by atoms with E-state index in [9.17, 15) is 5.11 Å². The molecule has 0 bridgehead atoms. The van der Waals surface area contributed by atoms with E-state index in [-0.39, 0.29) is 12.4 Å². The third-order valence-corrected chi connectivity index (χ3v) is 5.16. The number of para-hydroxylation sites is 1. The van der Waals surface area contributed by atoms with Crippen molar-refractivity contribution < 1.29 is 5.11 Å². The molecule has 0 amide bonds. The summed E-state index contributed by atoms with van der Waals surface area (Å²) < 4.78 is 3.97. The van der Waals surface area contributed by atoms with E-state index in [4.69, 9.17) is 11.6 Å². The topological polar surface area (TPSA) is 43.0 Å². The Kier molecular flexibility index (Phi) is 5.63. The van der Waals surface area contributed by atoms with Crippen LogP contribution < -0.4 is 0 Å². The van der Waals surface area contributed by atoms with Crippen molar-refractivity contribution in [1.29, 1.82) is 0 Å². The summed E-state index contributed by atoms with van der Waals surface area (Å²) in [6, 6.07) is 8.31. The van der Waals surface area contributed by atoms with E-state index in [1.54, 1.807) is 4.68 Å². The molecule has 1 atom stereocenters. The molecule has 130 valence electrons. The van der Waals surface area contributed by atoms with Gasteiger partial charge in [0.15, 0.2) is 0 Å². The Morgan fingerprint density at radius 1 is 1.08 bits per heavy atom. The van der Waals surface area contributed by atoms with Gasteiger partial charge in [-0.25, -0.2) is 0 Å². The lowest BCUT2D eigenvalue weighted by Crippen LogP contribution is -2.24. The van der Waals surface area contributed by atoms with Crippen LogP contribution in [0.2, 0.25) is 5.02 Å². The van der Waals surface area contributed by atoms with Crippen LogP contribution in [-0.2, 0) is 13.1 Å². The maximum atomic E-state index is 10.5. The Morgan fingerprint density at radius 3 is 2.38 bits per heavy atom. The minimum absolute atomic E-state index is 0. The van der Waals surface area contributed by atoms with Crippen molar-refractivity contribution >= 4 is 34.9 Å². The van der Waals surface area contributed by atoms with Gasteiger partial charge in [0.25, 0.3) is 0 Å². The van der Waals surface area contributed by atoms with Crippen LogP contribution in [0.5, 0.6) is 0 Å². The minimum atomic E-state index is -0.530. The fourth-order valence-corrected chi connectivity index (χ4v) is 3.30. The van der Waals surface area contributed by atoms with Crippen LogP contribution in [0.4, 0.5) is 0 Å². The fraction of sp³-hybridized carbons (Fsp3) is 0.389. The first-order chi connectivity index (χ1) is 10.9. The molecule has 0 aliphatic rings. The highest BCUT2D eigenvalue weighted by Gasteiger charge is 2.16. The summed E-state index contributed by atoms with van der Waals surface area (Å²) in [7, 11) is 0. The van der Waals surface area contributed by atoms with Crippen LogP contribution in [0.3, 0.4) is 0 Å². The molecule has 1 unspecified atom stereocenters. The summed E-state index contributed by atoms with van der Waals surface area (Å²) in [6.45, 7) is 9.00. The molecule has 2 heterocycles. The predicted molar refractivity (Wildman–Crippen MR) is 101 cm³/mol. The van der Waals surface area contributed by atoms with E-state index in [1.807, 2.05) is 26.0 Å². The van der Waals surface area contributed by atoms with Gasteiger partial charge in [0.1, 0.15) is 0 Å². The van der Waals surface area contributed by atoms with E-state index in [0.717, 1.165) is 16.9 Å². The molecule has 0 spiro atoms. The number of rotatable bonds is 4. The molecule has 3 rings (SSSR count). The number of hydrogen-bond acceptors (Lipinski definition) is 2. The monoisotopic (exact) mass is 367 g/mol. The van der Waals surface area contributed by atoms with Crippen LogP contribution in [0, 0.1) is 27.7 Å². The highest BCUT2D eigenvalue weighted by Crippen LogP contribution is 2.25. The van der Waals surface area contributed by atoms with E-state index in [2.05, 4.69) is 35.6 Å². The third kappa shape index (κ3) is 3.18. The third-order valence-electron chi connectivity index (χ3n) is 4.62. The van der Waals surface area contributed by atoms with Crippen LogP contribution in [0.1, 0.15) is 22.6 Å². The second-order valence-electron chi connectivity index (χ2n) is 6.16. The molecule has 4 nitrogen and oxygen atoms in total. The van der Waals surface area contributed by atoms with Gasteiger partial charge in [-0.2, -0.15) is 5.10 Å². The van der Waals surface area contributed by atoms with E-state index in [0.29, 0.717) is 18.1 Å². The first-order valence-electron chi connectivity index (χ1n) is 7.82. The normalized spacial score (nSPS) is 12.4. The number of aromatic nitrogens is 3. The lowest BCUT2D eigenvalue weighted by molar-refractivity contribution is 0.130. The summed E-state index contributed by atoms with van der Waals surface area (Å²) >= 11 is 6.18. The molecular weight excluding hydrogens is 345 g/mol. The summed E-state index contributed by atoms with van der Waals surface area (Å²) in [5.41, 5.74) is 5.31. The van der Waals surface area contributed by atoms with Crippen molar-refractivity contribution in [3.8, 4) is 0 Å². The Bertz CT molecular complexity index is 867. The van der Waals surface area contributed by atoms with Gasteiger partial charge < -0.3 is 9.67 Å². The number of nitrogens with zero attached hydrogens (tertiary/aromatic N) is 3. The van der Waals surface area contributed by atoms with E-state index < -0.39 is 6.10 Å². The number of aliphatic hydroxyl groups is 1. The zero-order valence-corrected chi connectivity index (χ0v) is 15.9. The maximum Gasteiger partial charge on any atom is 0.0914 e. The van der Waals surface area contributed by atoms with Gasteiger partial charge in [-0.05, 0) is 39.3 Å². The molecule has 0 fully saturated rings. The average molecular weight is 368 g/mol. The van der Waals surface area contributed by atoms with E-state index >= 15 is 0 Å². The van der Waals surface area contributed by atoms with Crippen molar-refractivity contribution in [2.75, 3.05) is 0 Å². The zero-order chi connectivity index (χ0) is 16.7. The van der Waals surface area contributed by atoms with Crippen molar-refractivity contribution in [3.63, 3.8) is 0 Å². The number of benzene rings is 1. The lowest BCUT2D eigenvalue weighted by atomic mass is 10.2. The molecule has 0 aliphatic heterocycles. The Balaban J connectivity index is 0.00000208. The molecule has 0 saturated carbocycles. The highest BCUT2D eigenvalue weighted by molar-refractivity contribution is 6.31. The average Bonchev–Trinajstić information content (AvgIpc) is 2.91. The van der Waals surface area contributed by atoms with Crippen LogP contribution in [0.15, 0.2) is 24.3 Å². The Hall–Kier alpha value is -1.49. The van der Waals surface area contributed by atoms with Gasteiger partial charge in [0.05, 0.1) is 35.6 Å². The van der Waals surface area contributed by atoms with Crippen molar-refractivity contribution in [1.82, 2.24) is 14.3 Å². The standard InChI is InChI=1S/C18H22ClN3O.ClH/c1-11-13(3)21(17-8-6-5-7-16(11)17)9-15(23)10-22-14(4)18(19)12(2)20-22;/h5-8,15,23H,9-10H2,1-4H3;1H. The smallest absolute Gasteiger partial charge is 0.0914 e. The molecule has 0 saturated heterocycles. The molecule has 6 heteroatoms. The number of aryl methyl sites for hydroxylation is 2. The summed E-state index contributed by atoms with van der Waals surface area (Å²) in [6.07, 6.45) is -0.530. The largest absolute Gasteiger partial charge is 0.389 e. The van der Waals surface area contributed by atoms with Gasteiger partial charge >= 0.3 is 0 Å². The number of fused-ring (bicyclic) bond motifs is 1. The van der Waals surface area contributed by atoms with Crippen LogP contribution >= 0.6 is 24.0 Å². The first kappa shape index (κ1) is 18.8. The molecular formula is C18H23Cl2N3O. The predicted octanol–water partition coefficient (Wildman–Crippen LogP) is 4.21. The second-order valence-corrected chi connectivity index (χ2v) is 6.54. The first-order valence-corrected chi connectivity index (χ1v) is 8.20. The summed E-state index contributed by atoms with van der Waals surface area (Å²) in [5, 5.41) is 16.9. The van der Waals surface area contributed by atoms with Crippen molar-refractivity contribution in [2.24, 2.45) is 0 Å². The van der Waals surface area contributed by atoms with Gasteiger partial charge in [0.2, 0.25) is 0 Å². The Labute approximate surface area is 153 Å². The number of hydrogen-bond donors (Lipinski definition) is 1. The molecule has 0 aliphatic carbocycles. The van der Waals surface area contributed by atoms with Gasteiger partial charge in [0, 0.05) is 16.6 Å². The van der Waals surface area contributed by atoms with Crippen molar-refractivity contribution in [2.45, 2.75) is 46.9 Å². The van der Waals surface area contributed by atoms with Crippen LogP contribution in [-0.4, -0.2) is 25.6 Å². The molecule has 2 aromatic heterocycles. The molecule has 1 aromatic carbocycles. The molecule has 24 heavy (non-hydrogen) atoms. The SMILES string of the molecule is Cc1nn(CC(O)Cn2c(C)c(C)c3ccccc32)c(C)c1Cl.Cl. The van der Waals surface area contributed by atoms with Gasteiger partial charge in [-0.15, -0.1) is 12.4 Å². The zero-order valence-electron chi connectivity index (χ0n) is 14.4. The quantitative estimate of drug-likeness (QED) is 0.750. The summed E-state index contributed by atoms with van der Waals surface area (Å²) in [4.78, 5) is 0. The highest BCUT2D eigenvalue weighted by atomic mass is 35.5. The van der Waals surface area contributed by atoms with Crippen LogP contribution in [0.25, 0.3) is 10.9 Å². The van der Waals surface area contributed by atoms with Crippen molar-refractivity contribution in [3.05, 3.63) is 51.9 Å². The Morgan fingerprint density at radius 2 is 1.75 bits per heavy atom. The van der Waals surface area contributed by atoms with Gasteiger partial charge in [-0.1, -0.05) is 29.8 Å². The minimum Gasteiger partial charge on any atom is -0.389 e. The number of aliphatic hydroxyl groups excluding tert-OH is 1. The maximum absolute atomic E-state index is 10.5. The fourth-order valence-electron chi connectivity index (χ4n) is 3.16. The lowest BCUT2D eigenvalue weighted by Gasteiger charge is -2.15.